The van der Waals surface area contributed by atoms with Crippen LogP contribution < -0.4 is 10.1 Å². The second-order valence-electron chi connectivity index (χ2n) is 5.60. The van der Waals surface area contributed by atoms with Gasteiger partial charge >= 0.3 is 0 Å². The number of para-hydroxylation sites is 1. The summed E-state index contributed by atoms with van der Waals surface area (Å²) in [5, 5.41) is 3.65. The highest BCUT2D eigenvalue weighted by Gasteiger charge is 2.40. The average molecular weight is 233 g/mol. The van der Waals surface area contributed by atoms with Crippen molar-refractivity contribution in [1.29, 1.82) is 0 Å². The zero-order valence-corrected chi connectivity index (χ0v) is 11.3. The van der Waals surface area contributed by atoms with Crippen LogP contribution in [0.1, 0.15) is 45.7 Å². The molecule has 0 fully saturated rings. The van der Waals surface area contributed by atoms with Gasteiger partial charge in [-0.05, 0) is 32.4 Å². The first kappa shape index (κ1) is 12.4. The summed E-state index contributed by atoms with van der Waals surface area (Å²) >= 11 is 0. The Hall–Kier alpha value is -1.02. The predicted octanol–water partition coefficient (Wildman–Crippen LogP) is 3.53. The monoisotopic (exact) mass is 233 g/mol. The summed E-state index contributed by atoms with van der Waals surface area (Å²) in [5.41, 5.74) is 1.14. The molecular formula is C15H23NO. The van der Waals surface area contributed by atoms with Gasteiger partial charge in [0.2, 0.25) is 0 Å². The molecule has 0 saturated carbocycles. The van der Waals surface area contributed by atoms with Crippen LogP contribution in [0.3, 0.4) is 0 Å². The van der Waals surface area contributed by atoms with Gasteiger partial charge in [0.25, 0.3) is 0 Å². The molecule has 0 amide bonds. The lowest BCUT2D eigenvalue weighted by molar-refractivity contribution is 0.0948. The summed E-state index contributed by atoms with van der Waals surface area (Å²) in [4.78, 5) is 0. The van der Waals surface area contributed by atoms with Gasteiger partial charge in [0.15, 0.2) is 0 Å². The molecule has 1 aromatic carbocycles. The van der Waals surface area contributed by atoms with Crippen molar-refractivity contribution >= 4 is 0 Å². The molecule has 0 aliphatic carbocycles. The summed E-state index contributed by atoms with van der Waals surface area (Å²) < 4.78 is 6.01. The minimum absolute atomic E-state index is 0.156. The minimum Gasteiger partial charge on any atom is -0.486 e. The highest BCUT2D eigenvalue weighted by Crippen LogP contribution is 2.42. The normalized spacial score (nSPS) is 22.9. The fourth-order valence-corrected chi connectivity index (χ4v) is 2.35. The second kappa shape index (κ2) is 4.69. The van der Waals surface area contributed by atoms with Crippen molar-refractivity contribution in [2.45, 2.75) is 45.8 Å². The Morgan fingerprint density at radius 1 is 1.35 bits per heavy atom. The molecule has 2 atom stereocenters. The molecule has 1 heterocycles. The molecule has 0 radical (unpaired) electrons. The number of hydrogen-bond acceptors (Lipinski definition) is 2. The Labute approximate surface area is 104 Å². The molecule has 1 aromatic rings. The maximum atomic E-state index is 6.01. The van der Waals surface area contributed by atoms with Gasteiger partial charge in [-0.15, -0.1) is 0 Å². The SMILES string of the molecule is CCC(C)CNC1c2ccccc2OC1(C)C. The summed E-state index contributed by atoms with van der Waals surface area (Å²) in [6.45, 7) is 9.86. The second-order valence-corrected chi connectivity index (χ2v) is 5.60. The van der Waals surface area contributed by atoms with Crippen molar-refractivity contribution in [3.63, 3.8) is 0 Å². The van der Waals surface area contributed by atoms with E-state index >= 15 is 0 Å². The van der Waals surface area contributed by atoms with Crippen LogP contribution in [-0.2, 0) is 0 Å². The topological polar surface area (TPSA) is 21.3 Å². The first-order chi connectivity index (χ1) is 8.04. The van der Waals surface area contributed by atoms with Gasteiger partial charge in [-0.25, -0.2) is 0 Å². The standard InChI is InChI=1S/C15H23NO/c1-5-11(2)10-16-14-12-8-6-7-9-13(12)17-15(14,3)4/h6-9,11,14,16H,5,10H2,1-4H3. The molecule has 1 aliphatic rings. The number of fused-ring (bicyclic) bond motifs is 1. The first-order valence-corrected chi connectivity index (χ1v) is 6.56. The molecule has 0 saturated heterocycles. The zero-order chi connectivity index (χ0) is 12.5. The third kappa shape index (κ3) is 2.47. The molecule has 0 aromatic heterocycles. The van der Waals surface area contributed by atoms with E-state index < -0.39 is 0 Å². The van der Waals surface area contributed by atoms with E-state index in [1.54, 1.807) is 0 Å². The molecule has 2 heteroatoms. The highest BCUT2D eigenvalue weighted by molar-refractivity contribution is 5.42. The van der Waals surface area contributed by atoms with Crippen LogP contribution in [0, 0.1) is 5.92 Å². The van der Waals surface area contributed by atoms with Gasteiger partial charge in [0.1, 0.15) is 11.4 Å². The summed E-state index contributed by atoms with van der Waals surface area (Å²) in [6, 6.07) is 8.64. The summed E-state index contributed by atoms with van der Waals surface area (Å²) in [6.07, 6.45) is 1.21. The van der Waals surface area contributed by atoms with Crippen molar-refractivity contribution in [1.82, 2.24) is 5.32 Å². The molecule has 1 aliphatic heterocycles. The van der Waals surface area contributed by atoms with Gasteiger partial charge in [-0.3, -0.25) is 0 Å². The Morgan fingerprint density at radius 3 is 2.76 bits per heavy atom. The molecule has 94 valence electrons. The maximum Gasteiger partial charge on any atom is 0.125 e. The summed E-state index contributed by atoms with van der Waals surface area (Å²) in [7, 11) is 0. The van der Waals surface area contributed by atoms with Crippen LogP contribution in [0.15, 0.2) is 24.3 Å². The van der Waals surface area contributed by atoms with Gasteiger partial charge in [-0.1, -0.05) is 38.5 Å². The Bertz CT molecular complexity index is 386. The third-order valence-corrected chi connectivity index (χ3v) is 3.67. The van der Waals surface area contributed by atoms with E-state index in [9.17, 15) is 0 Å². The van der Waals surface area contributed by atoms with Crippen LogP contribution in [0.25, 0.3) is 0 Å². The van der Waals surface area contributed by atoms with Gasteiger partial charge in [-0.2, -0.15) is 0 Å². The zero-order valence-electron chi connectivity index (χ0n) is 11.3. The molecule has 17 heavy (non-hydrogen) atoms. The fourth-order valence-electron chi connectivity index (χ4n) is 2.35. The van der Waals surface area contributed by atoms with E-state index in [4.69, 9.17) is 4.74 Å². The third-order valence-electron chi connectivity index (χ3n) is 3.67. The molecular weight excluding hydrogens is 210 g/mol. The molecule has 0 bridgehead atoms. The fraction of sp³-hybridized carbons (Fsp3) is 0.600. The van der Waals surface area contributed by atoms with Crippen molar-refractivity contribution in [2.75, 3.05) is 6.54 Å². The van der Waals surface area contributed by atoms with Crippen LogP contribution in [-0.4, -0.2) is 12.1 Å². The van der Waals surface area contributed by atoms with Gasteiger partial charge < -0.3 is 10.1 Å². The van der Waals surface area contributed by atoms with Crippen LogP contribution in [0.4, 0.5) is 0 Å². The van der Waals surface area contributed by atoms with Gasteiger partial charge in [0.05, 0.1) is 6.04 Å². The van der Waals surface area contributed by atoms with Crippen LogP contribution in [0.2, 0.25) is 0 Å². The number of ether oxygens (including phenoxy) is 1. The average Bonchev–Trinajstić information content (AvgIpc) is 2.56. The largest absolute Gasteiger partial charge is 0.486 e. The molecule has 1 N–H and O–H groups in total. The molecule has 2 nitrogen and oxygen atoms in total. The number of benzene rings is 1. The quantitative estimate of drug-likeness (QED) is 0.859. The molecule has 2 unspecified atom stereocenters. The number of hydrogen-bond donors (Lipinski definition) is 1. The van der Waals surface area contributed by atoms with Crippen molar-refractivity contribution in [2.24, 2.45) is 5.92 Å². The number of rotatable bonds is 4. The predicted molar refractivity (Wildman–Crippen MR) is 71.3 cm³/mol. The van der Waals surface area contributed by atoms with E-state index in [0.717, 1.165) is 12.3 Å². The van der Waals surface area contributed by atoms with Crippen LogP contribution >= 0.6 is 0 Å². The smallest absolute Gasteiger partial charge is 0.125 e. The van der Waals surface area contributed by atoms with Crippen LogP contribution in [0.5, 0.6) is 5.75 Å². The lowest BCUT2D eigenvalue weighted by Gasteiger charge is -2.28. The van der Waals surface area contributed by atoms with E-state index in [1.807, 2.05) is 6.07 Å². The Balaban J connectivity index is 2.14. The Morgan fingerprint density at radius 2 is 2.06 bits per heavy atom. The lowest BCUT2D eigenvalue weighted by atomic mass is 9.94. The first-order valence-electron chi connectivity index (χ1n) is 6.56. The van der Waals surface area contributed by atoms with Crippen molar-refractivity contribution in [3.05, 3.63) is 29.8 Å². The van der Waals surface area contributed by atoms with Gasteiger partial charge in [0, 0.05) is 5.56 Å². The minimum atomic E-state index is -0.156. The Kier molecular flexibility index (Phi) is 3.43. The van der Waals surface area contributed by atoms with E-state index in [0.29, 0.717) is 12.0 Å². The van der Waals surface area contributed by atoms with E-state index in [2.05, 4.69) is 51.2 Å². The molecule has 2 rings (SSSR count). The number of nitrogens with one attached hydrogen (secondary N) is 1. The highest BCUT2D eigenvalue weighted by atomic mass is 16.5. The van der Waals surface area contributed by atoms with Crippen molar-refractivity contribution in [3.8, 4) is 5.75 Å². The molecule has 0 spiro atoms. The maximum absolute atomic E-state index is 6.01. The summed E-state index contributed by atoms with van der Waals surface area (Å²) in [5.74, 6) is 1.73. The van der Waals surface area contributed by atoms with E-state index in [1.165, 1.54) is 12.0 Å². The van der Waals surface area contributed by atoms with E-state index in [-0.39, 0.29) is 5.60 Å². The lowest BCUT2D eigenvalue weighted by Crippen LogP contribution is -2.40. The van der Waals surface area contributed by atoms with Crippen molar-refractivity contribution < 1.29 is 4.74 Å².